The van der Waals surface area contributed by atoms with Gasteiger partial charge >= 0.3 is 0 Å². The monoisotopic (exact) mass is 650 g/mol. The van der Waals surface area contributed by atoms with Gasteiger partial charge in [0, 0.05) is 61.9 Å². The number of benzene rings is 3. The number of rotatable bonds is 6. The Balaban J connectivity index is 1.52. The summed E-state index contributed by atoms with van der Waals surface area (Å²) in [5.74, 6) is 2.14. The van der Waals surface area contributed by atoms with E-state index in [2.05, 4.69) is 39.8 Å². The van der Waals surface area contributed by atoms with E-state index in [1.165, 1.54) is 22.7 Å². The summed E-state index contributed by atoms with van der Waals surface area (Å²) in [4.78, 5) is 28.2. The highest BCUT2D eigenvalue weighted by atomic mass is 32.1. The van der Waals surface area contributed by atoms with Gasteiger partial charge in [0.15, 0.2) is 0 Å². The van der Waals surface area contributed by atoms with Crippen molar-refractivity contribution in [2.45, 2.75) is 27.7 Å². The van der Waals surface area contributed by atoms with Crippen LogP contribution in [0.1, 0.15) is 27.7 Å². The van der Waals surface area contributed by atoms with Crippen LogP contribution in [0.2, 0.25) is 0 Å². The van der Waals surface area contributed by atoms with Crippen molar-refractivity contribution in [3.05, 3.63) is 69.0 Å². The van der Waals surface area contributed by atoms with Crippen LogP contribution in [0.4, 0.5) is 0 Å². The Kier molecular flexibility index (Phi) is 5.77. The summed E-state index contributed by atoms with van der Waals surface area (Å²) in [6, 6.07) is 16.3. The lowest BCUT2D eigenvalue weighted by atomic mass is 10.1. The van der Waals surface area contributed by atoms with Crippen molar-refractivity contribution in [2.75, 3.05) is 13.2 Å². The Morgan fingerprint density at radius 3 is 1.32 bits per heavy atom. The summed E-state index contributed by atoms with van der Waals surface area (Å²) in [5, 5.41) is 7.42. The molecule has 0 aliphatic heterocycles. The zero-order chi connectivity index (χ0) is 30.0. The molecular formula is C36H26O4S4. The van der Waals surface area contributed by atoms with E-state index < -0.39 is 0 Å². The number of ether oxygens (including phenoxy) is 2. The predicted molar refractivity (Wildman–Crippen MR) is 194 cm³/mol. The topological polar surface area (TPSA) is 52.6 Å². The van der Waals surface area contributed by atoms with Crippen LogP contribution in [-0.4, -0.2) is 13.2 Å². The third-order valence-corrected chi connectivity index (χ3v) is 13.1. The first-order valence-corrected chi connectivity index (χ1v) is 18.1. The van der Waals surface area contributed by atoms with Gasteiger partial charge in [-0.2, -0.15) is 0 Å². The van der Waals surface area contributed by atoms with Gasteiger partial charge in [-0.25, -0.2) is 0 Å². The Bertz CT molecular complexity index is 2530. The first-order chi connectivity index (χ1) is 21.3. The van der Waals surface area contributed by atoms with Crippen LogP contribution in [0.5, 0.6) is 11.5 Å². The zero-order valence-electron chi connectivity index (χ0n) is 24.5. The Hall–Kier alpha value is -3.56. The van der Waals surface area contributed by atoms with Crippen molar-refractivity contribution in [3.63, 3.8) is 0 Å². The molecule has 0 aliphatic rings. The normalized spacial score (nSPS) is 12.9. The number of hydrogen-bond acceptors (Lipinski definition) is 8. The number of thiophene rings is 4. The number of hydrogen-bond donors (Lipinski definition) is 0. The van der Waals surface area contributed by atoms with Gasteiger partial charge < -0.3 is 9.47 Å². The van der Waals surface area contributed by atoms with Crippen LogP contribution in [0.3, 0.4) is 0 Å². The average molecular weight is 651 g/mol. The second-order valence-corrected chi connectivity index (χ2v) is 16.5. The highest BCUT2D eigenvalue weighted by molar-refractivity contribution is 7.32. The van der Waals surface area contributed by atoms with Crippen molar-refractivity contribution in [2.24, 2.45) is 11.8 Å². The second kappa shape index (κ2) is 9.47. The highest BCUT2D eigenvalue weighted by Gasteiger charge is 2.31. The van der Waals surface area contributed by atoms with Gasteiger partial charge in [-0.3, -0.25) is 9.59 Å². The van der Waals surface area contributed by atoms with Crippen LogP contribution in [0, 0.1) is 11.8 Å². The zero-order valence-corrected chi connectivity index (χ0v) is 27.7. The maximum Gasteiger partial charge on any atom is 0.205 e. The molecule has 0 spiro atoms. The summed E-state index contributed by atoms with van der Waals surface area (Å²) in [5.41, 5.74) is 0.155. The minimum atomic E-state index is 0.0776. The average Bonchev–Trinajstić information content (AvgIpc) is 3.81. The van der Waals surface area contributed by atoms with Gasteiger partial charge in [0.2, 0.25) is 10.9 Å². The summed E-state index contributed by atoms with van der Waals surface area (Å²) in [6.45, 7) is 9.62. The molecule has 0 unspecified atom stereocenters. The smallest absolute Gasteiger partial charge is 0.205 e. The van der Waals surface area contributed by atoms with E-state index in [0.717, 1.165) is 92.2 Å². The molecule has 0 atom stereocenters. The lowest BCUT2D eigenvalue weighted by Gasteiger charge is -2.16. The molecule has 0 saturated heterocycles. The van der Waals surface area contributed by atoms with E-state index in [1.807, 2.05) is 36.4 Å². The molecule has 5 aromatic carbocycles. The fourth-order valence-electron chi connectivity index (χ4n) is 6.49. The molecule has 0 fully saturated rings. The van der Waals surface area contributed by atoms with E-state index in [4.69, 9.17) is 9.47 Å². The molecule has 4 aromatic heterocycles. The van der Waals surface area contributed by atoms with Crippen molar-refractivity contribution >= 4 is 126 Å². The summed E-state index contributed by atoms with van der Waals surface area (Å²) in [6.07, 6.45) is 0. The van der Waals surface area contributed by atoms with E-state index in [1.54, 1.807) is 22.7 Å². The maximum atomic E-state index is 14.1. The van der Waals surface area contributed by atoms with Crippen LogP contribution in [0.15, 0.2) is 58.1 Å². The molecule has 4 nitrogen and oxygen atoms in total. The van der Waals surface area contributed by atoms with E-state index in [-0.39, 0.29) is 10.9 Å². The van der Waals surface area contributed by atoms with Gasteiger partial charge in [-0.1, -0.05) is 64.1 Å². The molecule has 4 heterocycles. The first kappa shape index (κ1) is 26.8. The number of fused-ring (bicyclic) bond motifs is 14. The largest absolute Gasteiger partial charge is 0.491 e. The van der Waals surface area contributed by atoms with Gasteiger partial charge in [0.25, 0.3) is 0 Å². The lowest BCUT2D eigenvalue weighted by Crippen LogP contribution is -2.07. The fourth-order valence-corrected chi connectivity index (χ4v) is 11.6. The molecule has 0 aliphatic carbocycles. The molecule has 0 N–H and O–H groups in total. The Labute approximate surface area is 267 Å². The fraction of sp³-hybridized carbons (Fsp3) is 0.222. The minimum absolute atomic E-state index is 0.0776. The molecule has 8 heteroatoms. The predicted octanol–water partition coefficient (Wildman–Crippen LogP) is 10.8. The summed E-state index contributed by atoms with van der Waals surface area (Å²) in [7, 11) is 0. The van der Waals surface area contributed by atoms with Gasteiger partial charge in [-0.05, 0) is 24.0 Å². The van der Waals surface area contributed by atoms with Crippen molar-refractivity contribution in [3.8, 4) is 11.5 Å². The van der Waals surface area contributed by atoms with Crippen molar-refractivity contribution in [1.82, 2.24) is 0 Å². The summed E-state index contributed by atoms with van der Waals surface area (Å²) < 4.78 is 21.1. The van der Waals surface area contributed by atoms with Gasteiger partial charge in [-0.15, -0.1) is 45.3 Å². The van der Waals surface area contributed by atoms with Crippen molar-refractivity contribution in [1.29, 1.82) is 0 Å². The molecule has 0 bridgehead atoms. The standard InChI is InChI=1S/C36H26O4S4/c1-15(2)13-39-29-23-25-31-21(17-9-5-7-11-19(17)41-31)27(37)33(25)44-36(23)30(40-14-16(3)4)24-26-32-22(28(38)34(26)43-35(24)29)18-10-6-8-12-20(18)42-32/h5-12,15-16H,13-14H2,1-4H3. The summed E-state index contributed by atoms with van der Waals surface area (Å²) >= 11 is 6.38. The maximum absolute atomic E-state index is 14.1. The molecule has 0 radical (unpaired) electrons. The van der Waals surface area contributed by atoms with E-state index in [0.29, 0.717) is 25.0 Å². The van der Waals surface area contributed by atoms with Gasteiger partial charge in [0.1, 0.15) is 11.5 Å². The van der Waals surface area contributed by atoms with Crippen LogP contribution < -0.4 is 20.3 Å². The Morgan fingerprint density at radius 1 is 0.500 bits per heavy atom. The van der Waals surface area contributed by atoms with E-state index in [9.17, 15) is 9.59 Å². The SMILES string of the molecule is CC(C)COc1c2sc3c(=O)c4c5ccccc5sc4c3c2c(OCC(C)C)c2sc3c(=O)c4c5ccccc5sc4c3c12. The minimum Gasteiger partial charge on any atom is -0.491 e. The first-order valence-electron chi connectivity index (χ1n) is 14.8. The quantitative estimate of drug-likeness (QED) is 0.180. The van der Waals surface area contributed by atoms with Crippen LogP contribution in [-0.2, 0) is 0 Å². The molecule has 0 saturated carbocycles. The molecule has 218 valence electrons. The van der Waals surface area contributed by atoms with Crippen LogP contribution >= 0.6 is 45.3 Å². The van der Waals surface area contributed by atoms with Crippen molar-refractivity contribution < 1.29 is 9.47 Å². The van der Waals surface area contributed by atoms with Gasteiger partial charge in [0.05, 0.1) is 32.0 Å². The Morgan fingerprint density at radius 2 is 0.909 bits per heavy atom. The molecule has 9 aromatic rings. The molecular weight excluding hydrogens is 625 g/mol. The molecule has 9 rings (SSSR count). The third-order valence-electron chi connectivity index (χ3n) is 8.32. The van der Waals surface area contributed by atoms with Crippen LogP contribution in [0.25, 0.3) is 80.7 Å². The molecule has 0 amide bonds. The third kappa shape index (κ3) is 3.48. The second-order valence-electron chi connectivity index (χ2n) is 12.4. The molecule has 44 heavy (non-hydrogen) atoms. The lowest BCUT2D eigenvalue weighted by molar-refractivity contribution is 0.273. The highest BCUT2D eigenvalue weighted by Crippen LogP contribution is 2.57. The van der Waals surface area contributed by atoms with E-state index >= 15 is 0 Å².